The molecule has 2 aliphatic carbocycles. The smallest absolute Gasteiger partial charge is 0.212 e. The Kier molecular flexibility index (Phi) is 14.8. The van der Waals surface area contributed by atoms with Crippen LogP contribution in [0.2, 0.25) is 5.15 Å². The Bertz CT molecular complexity index is 1590. The summed E-state index contributed by atoms with van der Waals surface area (Å²) in [6.07, 6.45) is 23.4. The topological polar surface area (TPSA) is 25.8 Å². The second kappa shape index (κ2) is 19.4. The molecule has 6 rings (SSSR count). The lowest BCUT2D eigenvalue weighted by Crippen LogP contribution is -2.13. The summed E-state index contributed by atoms with van der Waals surface area (Å²) in [5.74, 6) is 1.66. The third-order valence-corrected chi connectivity index (χ3v) is 11.5. The molecule has 0 aliphatic heterocycles. The third kappa shape index (κ3) is 10.9. The molecule has 2 saturated carbocycles. The second-order valence-electron chi connectivity index (χ2n) is 14.6. The van der Waals surface area contributed by atoms with Gasteiger partial charge in [0.1, 0.15) is 16.8 Å². The van der Waals surface area contributed by atoms with Gasteiger partial charge in [-0.2, -0.15) is 4.39 Å². The van der Waals surface area contributed by atoms with Gasteiger partial charge in [0, 0.05) is 29.1 Å². The van der Waals surface area contributed by atoms with Crippen molar-refractivity contribution < 1.29 is 13.2 Å². The molecule has 4 aromatic rings. The molecular formula is C44H54ClF3N2. The number of nitrogens with zero attached hydrogens (tertiary/aromatic N) is 2. The van der Waals surface area contributed by atoms with E-state index in [9.17, 15) is 13.2 Å². The zero-order chi connectivity index (χ0) is 35.3. The predicted molar refractivity (Wildman–Crippen MR) is 202 cm³/mol. The Morgan fingerprint density at radius 3 is 1.90 bits per heavy atom. The first kappa shape index (κ1) is 38.1. The van der Waals surface area contributed by atoms with Crippen molar-refractivity contribution in [1.29, 1.82) is 0 Å². The minimum atomic E-state index is -0.543. The maximum absolute atomic E-state index is 14.6. The van der Waals surface area contributed by atoms with Crippen molar-refractivity contribution in [3.63, 3.8) is 0 Å². The Morgan fingerprint density at radius 2 is 1.26 bits per heavy atom. The fourth-order valence-corrected chi connectivity index (χ4v) is 8.13. The molecule has 2 heterocycles. The predicted octanol–water partition coefficient (Wildman–Crippen LogP) is 14.3. The monoisotopic (exact) mass is 702 g/mol. The lowest BCUT2D eigenvalue weighted by Gasteiger charge is -2.29. The minimum absolute atomic E-state index is 0.0904. The van der Waals surface area contributed by atoms with E-state index in [2.05, 4.69) is 23.8 Å². The van der Waals surface area contributed by atoms with Crippen molar-refractivity contribution in [1.82, 2.24) is 9.97 Å². The average molecular weight is 703 g/mol. The van der Waals surface area contributed by atoms with Crippen LogP contribution in [0.25, 0.3) is 22.3 Å². The normalized spacial score (nSPS) is 20.6. The summed E-state index contributed by atoms with van der Waals surface area (Å²) in [5.41, 5.74) is 4.84. The van der Waals surface area contributed by atoms with Gasteiger partial charge in [-0.1, -0.05) is 101 Å². The Morgan fingerprint density at radius 1 is 0.600 bits per heavy atom. The highest BCUT2D eigenvalue weighted by atomic mass is 35.5. The fraction of sp³-hybridized carbons (Fsp3) is 0.500. The van der Waals surface area contributed by atoms with E-state index in [1.807, 2.05) is 30.3 Å². The first-order valence-corrected chi connectivity index (χ1v) is 19.5. The lowest BCUT2D eigenvalue weighted by atomic mass is 9.77. The van der Waals surface area contributed by atoms with Crippen LogP contribution >= 0.6 is 11.6 Å². The molecule has 2 aliphatic rings. The Labute approximate surface area is 303 Å². The number of rotatable bonds is 12. The van der Waals surface area contributed by atoms with Crippen molar-refractivity contribution in [3.8, 4) is 22.3 Å². The van der Waals surface area contributed by atoms with Gasteiger partial charge in [-0.25, -0.2) is 18.7 Å². The standard InChI is InChI=1S/C25H33F2N.C19H21ClFN/c1-2-3-4-5-6-7-8-19-9-11-20(12-10-19)21-13-15-23(24(26)17-21)22-14-16-25(27)28-18-22;1-2-13-3-5-14(6-4-13)17-9-7-15(11-18(17)21)16-8-10-19(20)22-12-16/h13-20H,2-12H2,1H3;7-14H,2-6H2,1H3/t19-,20-;13-,14-. The molecular weight excluding hydrogens is 649 g/mol. The molecule has 2 aromatic carbocycles. The molecule has 0 amide bonds. The molecule has 0 N–H and O–H groups in total. The van der Waals surface area contributed by atoms with Gasteiger partial charge in [0.05, 0.1) is 0 Å². The summed E-state index contributed by atoms with van der Waals surface area (Å²) in [6.45, 7) is 4.51. The highest BCUT2D eigenvalue weighted by Crippen LogP contribution is 2.40. The van der Waals surface area contributed by atoms with Gasteiger partial charge >= 0.3 is 0 Å². The molecule has 6 heteroatoms. The Balaban J connectivity index is 0.000000200. The van der Waals surface area contributed by atoms with Crippen LogP contribution in [0.15, 0.2) is 73.1 Å². The zero-order valence-electron chi connectivity index (χ0n) is 30.0. The van der Waals surface area contributed by atoms with Crippen molar-refractivity contribution in [2.24, 2.45) is 11.8 Å². The van der Waals surface area contributed by atoms with Gasteiger partial charge in [0.25, 0.3) is 0 Å². The molecule has 2 fully saturated rings. The number of hydrogen-bond donors (Lipinski definition) is 0. The lowest BCUT2D eigenvalue weighted by molar-refractivity contribution is 0.301. The highest BCUT2D eigenvalue weighted by molar-refractivity contribution is 6.29. The van der Waals surface area contributed by atoms with Gasteiger partial charge < -0.3 is 0 Å². The minimum Gasteiger partial charge on any atom is -0.244 e. The zero-order valence-corrected chi connectivity index (χ0v) is 30.7. The van der Waals surface area contributed by atoms with Gasteiger partial charge in [0.2, 0.25) is 5.95 Å². The average Bonchev–Trinajstić information content (AvgIpc) is 3.14. The van der Waals surface area contributed by atoms with Crippen LogP contribution in [-0.4, -0.2) is 9.97 Å². The molecule has 268 valence electrons. The number of pyridine rings is 2. The number of benzene rings is 2. The molecule has 0 saturated heterocycles. The number of aromatic nitrogens is 2. The maximum Gasteiger partial charge on any atom is 0.212 e. The van der Waals surface area contributed by atoms with Crippen molar-refractivity contribution in [2.45, 2.75) is 128 Å². The van der Waals surface area contributed by atoms with Gasteiger partial charge in [-0.15, -0.1) is 0 Å². The quantitative estimate of drug-likeness (QED) is 0.108. The molecule has 0 spiro atoms. The molecule has 0 bridgehead atoms. The SMILES string of the molecule is CCCCCCCC[C@H]1CC[C@H](c2ccc(-c3ccc(F)nc3)c(F)c2)CC1.CC[C@H]1CC[C@H](c2ccc(-c3ccc(Cl)nc3)cc2F)CC1. The first-order valence-electron chi connectivity index (χ1n) is 19.2. The molecule has 50 heavy (non-hydrogen) atoms. The van der Waals surface area contributed by atoms with Crippen LogP contribution in [0.5, 0.6) is 0 Å². The summed E-state index contributed by atoms with van der Waals surface area (Å²) in [7, 11) is 0. The van der Waals surface area contributed by atoms with E-state index in [0.29, 0.717) is 28.1 Å². The second-order valence-corrected chi connectivity index (χ2v) is 15.0. The van der Waals surface area contributed by atoms with E-state index in [1.54, 1.807) is 30.5 Å². The van der Waals surface area contributed by atoms with Crippen LogP contribution in [-0.2, 0) is 0 Å². The van der Waals surface area contributed by atoms with Crippen LogP contribution < -0.4 is 0 Å². The maximum atomic E-state index is 14.6. The van der Waals surface area contributed by atoms with Crippen molar-refractivity contribution in [2.75, 3.05) is 0 Å². The molecule has 0 radical (unpaired) electrons. The largest absolute Gasteiger partial charge is 0.244 e. The van der Waals surface area contributed by atoms with Crippen LogP contribution in [0, 0.1) is 29.4 Å². The van der Waals surface area contributed by atoms with Crippen LogP contribution in [0.1, 0.15) is 140 Å². The summed E-state index contributed by atoms with van der Waals surface area (Å²) in [6, 6.07) is 17.6. The summed E-state index contributed by atoms with van der Waals surface area (Å²) in [4.78, 5) is 7.69. The van der Waals surface area contributed by atoms with E-state index in [4.69, 9.17) is 11.6 Å². The Hall–Kier alpha value is -3.18. The molecule has 2 nitrogen and oxygen atoms in total. The summed E-state index contributed by atoms with van der Waals surface area (Å²) >= 11 is 5.80. The molecule has 0 unspecified atom stereocenters. The van der Waals surface area contributed by atoms with Gasteiger partial charge in [0.15, 0.2) is 0 Å². The van der Waals surface area contributed by atoms with Gasteiger partial charge in [-0.3, -0.25) is 0 Å². The van der Waals surface area contributed by atoms with E-state index in [1.165, 1.54) is 89.3 Å². The number of unbranched alkanes of at least 4 members (excludes halogenated alkanes) is 5. The van der Waals surface area contributed by atoms with Crippen LogP contribution in [0.3, 0.4) is 0 Å². The third-order valence-electron chi connectivity index (χ3n) is 11.2. The molecule has 2 aromatic heterocycles. The molecule has 0 atom stereocenters. The van der Waals surface area contributed by atoms with E-state index < -0.39 is 5.95 Å². The summed E-state index contributed by atoms with van der Waals surface area (Å²) < 4.78 is 42.2. The first-order chi connectivity index (χ1) is 24.3. The number of hydrogen-bond acceptors (Lipinski definition) is 2. The van der Waals surface area contributed by atoms with Crippen molar-refractivity contribution >= 4 is 11.6 Å². The van der Waals surface area contributed by atoms with E-state index >= 15 is 0 Å². The highest BCUT2D eigenvalue weighted by Gasteiger charge is 2.24. The fourth-order valence-electron chi connectivity index (χ4n) is 8.02. The van der Waals surface area contributed by atoms with Gasteiger partial charge in [-0.05, 0) is 128 Å². The van der Waals surface area contributed by atoms with Crippen molar-refractivity contribution in [3.05, 3.63) is 107 Å². The van der Waals surface area contributed by atoms with E-state index in [0.717, 1.165) is 59.8 Å². The van der Waals surface area contributed by atoms with Crippen LogP contribution in [0.4, 0.5) is 13.2 Å². The van der Waals surface area contributed by atoms with E-state index in [-0.39, 0.29) is 11.6 Å². The summed E-state index contributed by atoms with van der Waals surface area (Å²) in [5, 5.41) is 0.452. The number of halogens is 4.